The number of nitrogens with one attached hydrogen (secondary N) is 1. The second kappa shape index (κ2) is 7.20. The molecule has 0 saturated heterocycles. The molecule has 1 aromatic heterocycles. The number of rotatable bonds is 7. The molecule has 21 heavy (non-hydrogen) atoms. The molecular weight excluding hydrogens is 265 g/mol. The number of aromatic amines is 1. The van der Waals surface area contributed by atoms with Gasteiger partial charge in [0.2, 0.25) is 0 Å². The number of fused-ring (bicyclic) bond motifs is 1. The summed E-state index contributed by atoms with van der Waals surface area (Å²) in [5, 5.41) is 0.867. The Morgan fingerprint density at radius 2 is 2.19 bits per heavy atom. The zero-order chi connectivity index (χ0) is 15.2. The van der Waals surface area contributed by atoms with Crippen LogP contribution in [0.5, 0.6) is 5.75 Å². The minimum atomic E-state index is -0.269. The average molecular weight is 287 g/mol. The Balaban J connectivity index is 2.09. The highest BCUT2D eigenvalue weighted by Gasteiger charge is 2.14. The number of hydrogen-bond donors (Lipinski definition) is 1. The van der Waals surface area contributed by atoms with Crippen molar-refractivity contribution < 1.29 is 14.3 Å². The van der Waals surface area contributed by atoms with Crippen molar-refractivity contribution in [1.29, 1.82) is 0 Å². The van der Waals surface area contributed by atoms with Crippen molar-refractivity contribution in [3.63, 3.8) is 0 Å². The Morgan fingerprint density at radius 3 is 2.90 bits per heavy atom. The van der Waals surface area contributed by atoms with E-state index < -0.39 is 0 Å². The Bertz CT molecular complexity index is 607. The largest absolute Gasteiger partial charge is 0.500 e. The van der Waals surface area contributed by atoms with E-state index in [1.165, 1.54) is 0 Å². The molecule has 0 saturated carbocycles. The topological polar surface area (TPSA) is 51.3 Å². The Kier molecular flexibility index (Phi) is 5.31. The van der Waals surface area contributed by atoms with Gasteiger partial charge in [0, 0.05) is 23.2 Å². The number of ether oxygens (including phenoxy) is 2. The number of esters is 1. The van der Waals surface area contributed by atoms with Gasteiger partial charge >= 0.3 is 5.97 Å². The molecule has 0 bridgehead atoms. The number of benzene rings is 1. The lowest BCUT2D eigenvalue weighted by atomic mass is 10.0. The SMILES string of the molecule is BC(C)Oc1ccc2c(C(=O)OCCCCC)c[nH]c2c1. The zero-order valence-electron chi connectivity index (χ0n) is 12.9. The summed E-state index contributed by atoms with van der Waals surface area (Å²) in [4.78, 5) is 15.2. The second-order valence-corrected chi connectivity index (χ2v) is 5.42. The van der Waals surface area contributed by atoms with Gasteiger partial charge in [-0.2, -0.15) is 0 Å². The van der Waals surface area contributed by atoms with E-state index in [9.17, 15) is 4.79 Å². The van der Waals surface area contributed by atoms with Crippen LogP contribution in [0.3, 0.4) is 0 Å². The predicted octanol–water partition coefficient (Wildman–Crippen LogP) is 2.87. The van der Waals surface area contributed by atoms with Gasteiger partial charge in [0.1, 0.15) is 5.75 Å². The van der Waals surface area contributed by atoms with Crippen LogP contribution >= 0.6 is 0 Å². The van der Waals surface area contributed by atoms with E-state index in [4.69, 9.17) is 9.47 Å². The molecule has 2 aromatic rings. The summed E-state index contributed by atoms with van der Waals surface area (Å²) in [5.74, 6) is 0.525. The van der Waals surface area contributed by atoms with E-state index in [2.05, 4.69) is 11.9 Å². The van der Waals surface area contributed by atoms with Gasteiger partial charge in [-0.15, -0.1) is 0 Å². The molecule has 1 unspecified atom stereocenters. The van der Waals surface area contributed by atoms with E-state index in [-0.39, 0.29) is 12.0 Å². The maximum atomic E-state index is 12.1. The van der Waals surface area contributed by atoms with Crippen LogP contribution in [-0.2, 0) is 4.74 Å². The van der Waals surface area contributed by atoms with Crippen LogP contribution in [0.4, 0.5) is 0 Å². The van der Waals surface area contributed by atoms with Crippen molar-refractivity contribution in [2.75, 3.05) is 6.61 Å². The number of unbranched alkanes of at least 4 members (excludes halogenated alkanes) is 2. The molecule has 0 fully saturated rings. The molecule has 2 rings (SSSR count). The number of H-pyrrole nitrogens is 1. The van der Waals surface area contributed by atoms with Crippen LogP contribution in [0, 0.1) is 0 Å². The average Bonchev–Trinajstić information content (AvgIpc) is 2.86. The van der Waals surface area contributed by atoms with Crippen molar-refractivity contribution in [2.24, 2.45) is 0 Å². The molecule has 4 nitrogen and oxygen atoms in total. The second-order valence-electron chi connectivity index (χ2n) is 5.42. The molecule has 1 N–H and O–H groups in total. The maximum absolute atomic E-state index is 12.1. The van der Waals surface area contributed by atoms with Gasteiger partial charge < -0.3 is 14.5 Å². The summed E-state index contributed by atoms with van der Waals surface area (Å²) in [6.45, 7) is 4.59. The molecule has 0 radical (unpaired) electrons. The van der Waals surface area contributed by atoms with Crippen LogP contribution in [0.2, 0.25) is 0 Å². The van der Waals surface area contributed by atoms with E-state index in [0.29, 0.717) is 12.2 Å². The monoisotopic (exact) mass is 287 g/mol. The minimum Gasteiger partial charge on any atom is -0.500 e. The number of carbonyl (C=O) groups is 1. The van der Waals surface area contributed by atoms with Crippen molar-refractivity contribution in [2.45, 2.75) is 39.1 Å². The van der Waals surface area contributed by atoms with Crippen LogP contribution in [0.15, 0.2) is 24.4 Å². The first-order valence-electron chi connectivity index (χ1n) is 7.56. The molecule has 0 spiro atoms. The lowest BCUT2D eigenvalue weighted by Gasteiger charge is -2.09. The highest BCUT2D eigenvalue weighted by Crippen LogP contribution is 2.24. The fourth-order valence-electron chi connectivity index (χ4n) is 2.21. The Morgan fingerprint density at radius 1 is 1.38 bits per heavy atom. The standard InChI is InChI=1S/C16H22BNO3/c1-3-4-5-8-20-16(19)14-10-18-15-9-12(21-11(2)17)6-7-13(14)15/h6-7,9-11,18H,3-5,8,17H2,1-2H3. The molecule has 1 heterocycles. The van der Waals surface area contributed by atoms with Crippen molar-refractivity contribution in [1.82, 2.24) is 4.98 Å². The van der Waals surface area contributed by atoms with Crippen LogP contribution in [0.25, 0.3) is 10.9 Å². The molecule has 0 aliphatic heterocycles. The number of aromatic nitrogens is 1. The number of carbonyl (C=O) groups excluding carboxylic acids is 1. The summed E-state index contributed by atoms with van der Waals surface area (Å²) < 4.78 is 10.9. The highest BCUT2D eigenvalue weighted by molar-refractivity contribution is 6.11. The summed E-state index contributed by atoms with van der Waals surface area (Å²) in [7, 11) is 1.98. The third-order valence-corrected chi connectivity index (χ3v) is 3.23. The fraction of sp³-hybridized carbons (Fsp3) is 0.438. The molecule has 1 atom stereocenters. The summed E-state index contributed by atoms with van der Waals surface area (Å²) >= 11 is 0. The normalized spacial score (nSPS) is 12.3. The smallest absolute Gasteiger partial charge is 0.340 e. The van der Waals surface area contributed by atoms with Crippen LogP contribution < -0.4 is 4.74 Å². The lowest BCUT2D eigenvalue weighted by molar-refractivity contribution is 0.0500. The summed E-state index contributed by atoms with van der Waals surface area (Å²) in [6, 6.07) is 5.81. The molecule has 5 heteroatoms. The van der Waals surface area contributed by atoms with Crippen molar-refractivity contribution in [3.8, 4) is 5.75 Å². The van der Waals surface area contributed by atoms with Gasteiger partial charge in [-0.25, -0.2) is 4.79 Å². The lowest BCUT2D eigenvalue weighted by Crippen LogP contribution is -2.10. The third kappa shape index (κ3) is 4.03. The van der Waals surface area contributed by atoms with Gasteiger partial charge in [0.15, 0.2) is 7.85 Å². The third-order valence-electron chi connectivity index (χ3n) is 3.23. The maximum Gasteiger partial charge on any atom is 0.340 e. The van der Waals surface area contributed by atoms with Crippen molar-refractivity contribution in [3.05, 3.63) is 30.0 Å². The first-order chi connectivity index (χ1) is 10.1. The van der Waals surface area contributed by atoms with E-state index in [1.54, 1.807) is 6.20 Å². The molecule has 1 aromatic carbocycles. The fourth-order valence-corrected chi connectivity index (χ4v) is 2.21. The first kappa shape index (κ1) is 15.5. The molecule has 0 aliphatic carbocycles. The molecular formula is C16H22BNO3. The number of hydrogen-bond acceptors (Lipinski definition) is 3. The summed E-state index contributed by atoms with van der Waals surface area (Å²) in [5.41, 5.74) is 1.46. The van der Waals surface area contributed by atoms with Gasteiger partial charge in [0.25, 0.3) is 0 Å². The predicted molar refractivity (Wildman–Crippen MR) is 86.7 cm³/mol. The zero-order valence-corrected chi connectivity index (χ0v) is 12.9. The van der Waals surface area contributed by atoms with Gasteiger partial charge in [-0.1, -0.05) is 19.8 Å². The summed E-state index contributed by atoms with van der Waals surface area (Å²) in [6.07, 6.45) is 4.81. The van der Waals surface area contributed by atoms with E-state index >= 15 is 0 Å². The van der Waals surface area contributed by atoms with Crippen LogP contribution in [-0.4, -0.2) is 31.4 Å². The van der Waals surface area contributed by atoms with E-state index in [0.717, 1.165) is 35.9 Å². The van der Waals surface area contributed by atoms with Gasteiger partial charge in [-0.05, 0) is 25.5 Å². The Hall–Kier alpha value is -1.91. The van der Waals surface area contributed by atoms with E-state index in [1.807, 2.05) is 33.0 Å². The van der Waals surface area contributed by atoms with Crippen LogP contribution in [0.1, 0.15) is 43.5 Å². The highest BCUT2D eigenvalue weighted by atomic mass is 16.5. The first-order valence-corrected chi connectivity index (χ1v) is 7.56. The molecule has 0 amide bonds. The molecule has 0 aliphatic rings. The van der Waals surface area contributed by atoms with Crippen molar-refractivity contribution >= 4 is 24.7 Å². The minimum absolute atomic E-state index is 0.125. The van der Waals surface area contributed by atoms with Gasteiger partial charge in [0.05, 0.1) is 18.2 Å². The Labute approximate surface area is 126 Å². The molecule has 112 valence electrons. The quantitative estimate of drug-likeness (QED) is 0.484. The van der Waals surface area contributed by atoms with Gasteiger partial charge in [-0.3, -0.25) is 0 Å².